The molecule has 0 aromatic rings. The highest BCUT2D eigenvalue weighted by atomic mass is 14.4. The fourth-order valence-corrected chi connectivity index (χ4v) is 3.83. The van der Waals surface area contributed by atoms with Crippen molar-refractivity contribution in [3.05, 3.63) is 0 Å². The minimum absolute atomic E-state index is 0.887. The third kappa shape index (κ3) is 5.44. The Balaban J connectivity index is 0.00000121. The van der Waals surface area contributed by atoms with Crippen LogP contribution in [0, 0.1) is 23.7 Å². The van der Waals surface area contributed by atoms with Crippen molar-refractivity contribution < 1.29 is 0 Å². The Morgan fingerprint density at radius 1 is 0.882 bits per heavy atom. The Kier molecular flexibility index (Phi) is 9.97. The highest BCUT2D eigenvalue weighted by Gasteiger charge is 2.30. The summed E-state index contributed by atoms with van der Waals surface area (Å²) < 4.78 is 0. The van der Waals surface area contributed by atoms with Gasteiger partial charge in [0.25, 0.3) is 0 Å². The van der Waals surface area contributed by atoms with E-state index in [1.165, 1.54) is 44.9 Å². The molecule has 0 saturated heterocycles. The smallest absolute Gasteiger partial charge is 0.0334 e. The summed E-state index contributed by atoms with van der Waals surface area (Å²) in [5, 5.41) is 0. The average Bonchev–Trinajstić information content (AvgIpc) is 2.38. The molecule has 104 valence electrons. The van der Waals surface area contributed by atoms with Crippen molar-refractivity contribution >= 4 is 0 Å². The van der Waals surface area contributed by atoms with E-state index in [-0.39, 0.29) is 0 Å². The van der Waals surface area contributed by atoms with Crippen LogP contribution in [0.3, 0.4) is 0 Å². The first kappa shape index (κ1) is 17.0. The highest BCUT2D eigenvalue weighted by molar-refractivity contribution is 4.80. The summed E-state index contributed by atoms with van der Waals surface area (Å²) in [6, 6.07) is 0. The van der Waals surface area contributed by atoms with Crippen LogP contribution in [0.25, 0.3) is 0 Å². The van der Waals surface area contributed by atoms with Crippen molar-refractivity contribution in [1.82, 2.24) is 0 Å². The van der Waals surface area contributed by atoms with Gasteiger partial charge in [-0.3, -0.25) is 0 Å². The summed E-state index contributed by atoms with van der Waals surface area (Å²) in [5.41, 5.74) is 0. The molecule has 0 N–H and O–H groups in total. The third-order valence-electron chi connectivity index (χ3n) is 4.56. The molecule has 1 fully saturated rings. The molecule has 1 aliphatic carbocycles. The molecule has 1 aliphatic rings. The third-order valence-corrected chi connectivity index (χ3v) is 4.56. The molecule has 0 heterocycles. The lowest BCUT2D eigenvalue weighted by Crippen LogP contribution is -2.29. The van der Waals surface area contributed by atoms with E-state index < -0.39 is 0 Å². The van der Waals surface area contributed by atoms with Gasteiger partial charge in [0.2, 0.25) is 0 Å². The molecular weight excluding hydrogens is 204 g/mol. The molecule has 1 atom stereocenters. The second-order valence-corrected chi connectivity index (χ2v) is 5.80. The first-order valence-electron chi connectivity index (χ1n) is 8.20. The van der Waals surface area contributed by atoms with E-state index in [0.717, 1.165) is 23.7 Å². The maximum absolute atomic E-state index is 2.44. The van der Waals surface area contributed by atoms with Gasteiger partial charge in [0.15, 0.2) is 0 Å². The predicted molar refractivity (Wildman–Crippen MR) is 80.3 cm³/mol. The Hall–Kier alpha value is 0. The van der Waals surface area contributed by atoms with Crippen molar-refractivity contribution in [1.29, 1.82) is 0 Å². The molecule has 0 aliphatic heterocycles. The molecule has 0 aromatic heterocycles. The van der Waals surface area contributed by atoms with E-state index in [1.807, 2.05) is 13.8 Å². The Morgan fingerprint density at radius 2 is 1.35 bits per heavy atom. The maximum atomic E-state index is 2.44. The van der Waals surface area contributed by atoms with Crippen molar-refractivity contribution in [2.75, 3.05) is 0 Å². The lowest BCUT2D eigenvalue weighted by molar-refractivity contribution is 0.121. The molecule has 17 heavy (non-hydrogen) atoms. The summed E-state index contributed by atoms with van der Waals surface area (Å²) >= 11 is 0. The van der Waals surface area contributed by atoms with Gasteiger partial charge >= 0.3 is 0 Å². The van der Waals surface area contributed by atoms with Crippen molar-refractivity contribution in [2.45, 2.75) is 86.5 Å². The van der Waals surface area contributed by atoms with Gasteiger partial charge < -0.3 is 0 Å². The molecule has 0 nitrogen and oxygen atoms in total. The molecule has 0 bridgehead atoms. The van der Waals surface area contributed by atoms with Crippen LogP contribution in [0.2, 0.25) is 0 Å². The molecule has 0 heteroatoms. The van der Waals surface area contributed by atoms with E-state index in [9.17, 15) is 0 Å². The lowest BCUT2D eigenvalue weighted by atomic mass is 9.68. The summed E-state index contributed by atoms with van der Waals surface area (Å²) in [6.07, 6.45) is 10.3. The summed E-state index contributed by atoms with van der Waals surface area (Å²) in [7, 11) is 0. The van der Waals surface area contributed by atoms with E-state index >= 15 is 0 Å². The van der Waals surface area contributed by atoms with Gasteiger partial charge in [-0.05, 0) is 23.7 Å². The van der Waals surface area contributed by atoms with Gasteiger partial charge in [-0.1, -0.05) is 86.5 Å². The number of hydrogen-bond acceptors (Lipinski definition) is 0. The van der Waals surface area contributed by atoms with Gasteiger partial charge in [0.05, 0.1) is 0 Å². The average molecular weight is 240 g/mol. The van der Waals surface area contributed by atoms with Crippen molar-refractivity contribution in [3.8, 4) is 0 Å². The second-order valence-electron chi connectivity index (χ2n) is 5.80. The number of hydrogen-bond donors (Lipinski definition) is 0. The minimum Gasteiger partial charge on any atom is -0.0683 e. The number of rotatable bonds is 5. The summed E-state index contributed by atoms with van der Waals surface area (Å²) in [4.78, 5) is 0. The van der Waals surface area contributed by atoms with Crippen LogP contribution in [0.15, 0.2) is 0 Å². The van der Waals surface area contributed by atoms with Gasteiger partial charge in [-0.15, -0.1) is 0 Å². The maximum Gasteiger partial charge on any atom is -0.0334 e. The standard InChI is InChI=1S/C15H30.C2H6/c1-5-13(6-2)15(12(3)4)14-10-8-7-9-11-14;1-2/h12-15H,5-11H2,1-4H3;1-2H3. The molecular formula is C17H36. The van der Waals surface area contributed by atoms with Crippen molar-refractivity contribution in [2.24, 2.45) is 23.7 Å². The largest absolute Gasteiger partial charge is 0.0683 e. The first-order chi connectivity index (χ1) is 8.20. The monoisotopic (exact) mass is 240 g/mol. The van der Waals surface area contributed by atoms with Crippen molar-refractivity contribution in [3.63, 3.8) is 0 Å². The predicted octanol–water partition coefficient (Wildman–Crippen LogP) is 6.30. The fourth-order valence-electron chi connectivity index (χ4n) is 3.83. The van der Waals surface area contributed by atoms with Crippen LogP contribution >= 0.6 is 0 Å². The second kappa shape index (κ2) is 9.97. The van der Waals surface area contributed by atoms with Crippen LogP contribution in [-0.4, -0.2) is 0 Å². The SMILES string of the molecule is CC.CCC(CC)C(C(C)C)C1CCCCC1. The molecule has 0 amide bonds. The Bertz CT molecular complexity index is 149. The molecule has 1 unspecified atom stereocenters. The van der Waals surface area contributed by atoms with E-state index in [4.69, 9.17) is 0 Å². The van der Waals surface area contributed by atoms with Gasteiger partial charge in [0, 0.05) is 0 Å². The molecule has 0 radical (unpaired) electrons. The Labute approximate surface area is 111 Å². The van der Waals surface area contributed by atoms with Gasteiger partial charge in [-0.25, -0.2) is 0 Å². The molecule has 1 rings (SSSR count). The zero-order valence-corrected chi connectivity index (χ0v) is 13.3. The van der Waals surface area contributed by atoms with E-state index in [0.29, 0.717) is 0 Å². The highest BCUT2D eigenvalue weighted by Crippen LogP contribution is 2.40. The van der Waals surface area contributed by atoms with E-state index in [2.05, 4.69) is 27.7 Å². The summed E-state index contributed by atoms with van der Waals surface area (Å²) in [6.45, 7) is 13.6. The first-order valence-corrected chi connectivity index (χ1v) is 8.20. The van der Waals surface area contributed by atoms with Crippen LogP contribution in [0.4, 0.5) is 0 Å². The molecule has 1 saturated carbocycles. The molecule has 0 spiro atoms. The normalized spacial score (nSPS) is 19.1. The topological polar surface area (TPSA) is 0 Å². The van der Waals surface area contributed by atoms with Gasteiger partial charge in [0.1, 0.15) is 0 Å². The fraction of sp³-hybridized carbons (Fsp3) is 1.00. The van der Waals surface area contributed by atoms with Crippen LogP contribution < -0.4 is 0 Å². The minimum atomic E-state index is 0.887. The van der Waals surface area contributed by atoms with Gasteiger partial charge in [-0.2, -0.15) is 0 Å². The zero-order chi connectivity index (χ0) is 13.3. The Morgan fingerprint density at radius 3 is 1.71 bits per heavy atom. The van der Waals surface area contributed by atoms with Crippen LogP contribution in [0.1, 0.15) is 86.5 Å². The van der Waals surface area contributed by atoms with E-state index in [1.54, 1.807) is 0 Å². The molecule has 0 aromatic carbocycles. The summed E-state index contributed by atoms with van der Waals surface area (Å²) in [5.74, 6) is 3.91. The quantitative estimate of drug-likeness (QED) is 0.529. The van der Waals surface area contributed by atoms with Crippen LogP contribution in [0.5, 0.6) is 0 Å². The zero-order valence-electron chi connectivity index (χ0n) is 13.3. The van der Waals surface area contributed by atoms with Crippen LogP contribution in [-0.2, 0) is 0 Å². The lowest BCUT2D eigenvalue weighted by Gasteiger charge is -2.38.